The first-order valence-electron chi connectivity index (χ1n) is 16.9. The van der Waals surface area contributed by atoms with Crippen LogP contribution in [0, 0.1) is 18.2 Å². The Kier molecular flexibility index (Phi) is 8.47. The van der Waals surface area contributed by atoms with Crippen LogP contribution in [0.3, 0.4) is 0 Å². The summed E-state index contributed by atoms with van der Waals surface area (Å²) in [6.07, 6.45) is 12.4. The van der Waals surface area contributed by atoms with E-state index in [4.69, 9.17) is 16.1 Å². The highest BCUT2D eigenvalue weighted by Crippen LogP contribution is 2.41. The minimum absolute atomic E-state index is 0.00102. The van der Waals surface area contributed by atoms with Crippen molar-refractivity contribution in [3.05, 3.63) is 84.1 Å². The highest BCUT2D eigenvalue weighted by Gasteiger charge is 2.49. The van der Waals surface area contributed by atoms with E-state index in [1.54, 1.807) is 18.2 Å². The Morgan fingerprint density at radius 3 is 2.61 bits per heavy atom. The maximum Gasteiger partial charge on any atom is 0.319 e. The lowest BCUT2D eigenvalue weighted by atomic mass is 9.95. The monoisotopic (exact) mass is 690 g/mol. The summed E-state index contributed by atoms with van der Waals surface area (Å²) in [5.41, 5.74) is 0.730. The van der Waals surface area contributed by atoms with Crippen molar-refractivity contribution in [3.8, 4) is 29.6 Å². The Morgan fingerprint density at radius 2 is 1.82 bits per heavy atom. The number of halogens is 3. The molecule has 2 atom stereocenters. The first-order chi connectivity index (χ1) is 24.8. The second kappa shape index (κ2) is 13.3. The summed E-state index contributed by atoms with van der Waals surface area (Å²) in [6.45, 7) is 2.19. The Morgan fingerprint density at radius 1 is 1.04 bits per heavy atom. The number of carbonyl (C=O) groups is 1. The number of nitrogens with zero attached hydrogens (tertiary/aromatic N) is 8. The molecule has 3 saturated heterocycles. The normalized spacial score (nSPS) is 20.9. The van der Waals surface area contributed by atoms with Gasteiger partial charge < -0.3 is 14.5 Å². The largest absolute Gasteiger partial charge is 0.461 e. The fourth-order valence-corrected chi connectivity index (χ4v) is 7.65. The predicted octanol–water partition coefficient (Wildman–Crippen LogP) is 5.37. The van der Waals surface area contributed by atoms with E-state index >= 15 is 4.39 Å². The Hall–Kier alpha value is -5.61. The number of aromatic nitrogens is 5. The van der Waals surface area contributed by atoms with E-state index in [-0.39, 0.29) is 55.8 Å². The number of hydrogen-bond donors (Lipinski definition) is 0. The van der Waals surface area contributed by atoms with Crippen LogP contribution in [0.15, 0.2) is 66.9 Å². The van der Waals surface area contributed by atoms with Crippen LogP contribution in [0.25, 0.3) is 39.0 Å². The van der Waals surface area contributed by atoms with E-state index in [1.807, 2.05) is 29.2 Å². The molecule has 3 aliphatic heterocycles. The lowest BCUT2D eigenvalue weighted by molar-refractivity contribution is -0.128. The highest BCUT2D eigenvalue weighted by atomic mass is 19.1. The predicted molar refractivity (Wildman–Crippen MR) is 187 cm³/mol. The van der Waals surface area contributed by atoms with Gasteiger partial charge in [-0.15, -0.1) is 6.42 Å². The van der Waals surface area contributed by atoms with E-state index in [2.05, 4.69) is 30.8 Å². The number of ether oxygens (including phenoxy) is 1. The number of alkyl halides is 1. The van der Waals surface area contributed by atoms with Gasteiger partial charge in [-0.25, -0.2) is 23.1 Å². The molecule has 1 unspecified atom stereocenters. The van der Waals surface area contributed by atoms with Gasteiger partial charge in [0.2, 0.25) is 0 Å². The van der Waals surface area contributed by atoms with Crippen LogP contribution >= 0.6 is 0 Å². The molecule has 8 rings (SSSR count). The number of fused-ring (bicyclic) bond motifs is 3. The molecule has 3 fully saturated rings. The first-order valence-corrected chi connectivity index (χ1v) is 16.9. The minimum atomic E-state index is -0.971. The van der Waals surface area contributed by atoms with Crippen molar-refractivity contribution in [3.63, 3.8) is 0 Å². The van der Waals surface area contributed by atoms with Gasteiger partial charge in [-0.05, 0) is 36.9 Å². The van der Waals surface area contributed by atoms with Crippen LogP contribution in [-0.4, -0.2) is 98.2 Å². The molecule has 0 saturated carbocycles. The molecule has 3 aromatic heterocycles. The number of carbonyl (C=O) groups excluding carboxylic acids is 1. The molecule has 10 nitrogen and oxygen atoms in total. The van der Waals surface area contributed by atoms with Crippen molar-refractivity contribution in [2.24, 2.45) is 0 Å². The average molecular weight is 691 g/mol. The number of terminal acetylenes is 1. The van der Waals surface area contributed by atoms with Gasteiger partial charge in [-0.1, -0.05) is 36.3 Å². The third-order valence-electron chi connectivity index (χ3n) is 10.1. The fraction of sp³-hybridized carbons (Fsp3) is 0.316. The maximum atomic E-state index is 16.8. The standard InChI is InChI=1S/C38H33F3N8O2/c1-2-24-7-3-8-25-9-4-10-27(31(24)25)33-32(41)34-28(21-44-33)35(46-37(45-34)51-23-38-11-5-14-49(38)22-26(39)20-38)47-15-17-48(18-16-47)36(50)29(40)19-30-42-12-6-13-43-30/h1,3-4,6-10,12-13,19,21,26H,5,11,14-18,20,22-23H2/b29-19-/t26?,38-/m0/s1. The summed E-state index contributed by atoms with van der Waals surface area (Å²) in [5, 5.41) is 1.88. The number of anilines is 1. The van der Waals surface area contributed by atoms with Crippen LogP contribution < -0.4 is 9.64 Å². The second-order valence-electron chi connectivity index (χ2n) is 13.1. The number of amides is 1. The number of pyridine rings is 1. The maximum absolute atomic E-state index is 16.8. The molecular weight excluding hydrogens is 657 g/mol. The van der Waals surface area contributed by atoms with Crippen LogP contribution in [0.1, 0.15) is 30.7 Å². The van der Waals surface area contributed by atoms with Gasteiger partial charge in [0, 0.05) is 80.3 Å². The molecule has 3 aliphatic rings. The quantitative estimate of drug-likeness (QED) is 0.165. The zero-order valence-corrected chi connectivity index (χ0v) is 27.6. The highest BCUT2D eigenvalue weighted by molar-refractivity contribution is 6.02. The molecule has 13 heteroatoms. The lowest BCUT2D eigenvalue weighted by Crippen LogP contribution is -2.49. The lowest BCUT2D eigenvalue weighted by Gasteiger charge is -2.35. The number of benzene rings is 2. The van der Waals surface area contributed by atoms with Crippen molar-refractivity contribution in [2.75, 3.05) is 50.8 Å². The van der Waals surface area contributed by atoms with Crippen molar-refractivity contribution >= 4 is 39.5 Å². The molecule has 0 N–H and O–H groups in total. The number of hydrogen-bond acceptors (Lipinski definition) is 9. The zero-order chi connectivity index (χ0) is 35.1. The molecule has 6 heterocycles. The second-order valence-corrected chi connectivity index (χ2v) is 13.1. The van der Waals surface area contributed by atoms with Crippen LogP contribution in [0.5, 0.6) is 6.01 Å². The van der Waals surface area contributed by atoms with E-state index in [1.165, 1.54) is 23.5 Å². The summed E-state index contributed by atoms with van der Waals surface area (Å²) < 4.78 is 52.5. The molecule has 1 amide bonds. The Labute approximate surface area is 292 Å². The Bertz CT molecular complexity index is 2220. The van der Waals surface area contributed by atoms with Gasteiger partial charge in [0.05, 0.1) is 10.9 Å². The molecule has 51 heavy (non-hydrogen) atoms. The van der Waals surface area contributed by atoms with Gasteiger partial charge in [0.1, 0.15) is 29.8 Å². The van der Waals surface area contributed by atoms with E-state index in [0.717, 1.165) is 30.8 Å². The van der Waals surface area contributed by atoms with Gasteiger partial charge in [0.15, 0.2) is 17.5 Å². The van der Waals surface area contributed by atoms with Gasteiger partial charge >= 0.3 is 6.01 Å². The zero-order valence-electron chi connectivity index (χ0n) is 27.6. The van der Waals surface area contributed by atoms with Gasteiger partial charge in [-0.3, -0.25) is 14.7 Å². The SMILES string of the molecule is C#Cc1cccc2cccc(-c3ncc4c(N5CCN(C(=O)/C(F)=C/c6ncccn6)CC5)nc(OC[C@@]56CCCN5CC(F)C6)nc4c3F)c12. The molecular formula is C38H33F3N8O2. The van der Waals surface area contributed by atoms with E-state index in [9.17, 15) is 13.6 Å². The summed E-state index contributed by atoms with van der Waals surface area (Å²) in [7, 11) is 0. The van der Waals surface area contributed by atoms with Crippen molar-refractivity contribution < 1.29 is 22.7 Å². The summed E-state index contributed by atoms with van der Waals surface area (Å²) in [4.78, 5) is 40.2. The van der Waals surface area contributed by atoms with Crippen LogP contribution in [0.2, 0.25) is 0 Å². The van der Waals surface area contributed by atoms with Crippen LogP contribution in [-0.2, 0) is 4.79 Å². The molecule has 0 aliphatic carbocycles. The third kappa shape index (κ3) is 5.99. The van der Waals surface area contributed by atoms with Crippen molar-refractivity contribution in [1.29, 1.82) is 0 Å². The molecule has 0 bridgehead atoms. The van der Waals surface area contributed by atoms with Gasteiger partial charge in [0.25, 0.3) is 5.91 Å². The number of piperazine rings is 1. The fourth-order valence-electron chi connectivity index (χ4n) is 7.65. The summed E-state index contributed by atoms with van der Waals surface area (Å²) >= 11 is 0. The summed E-state index contributed by atoms with van der Waals surface area (Å²) in [5.74, 6) is 0.738. The molecule has 0 radical (unpaired) electrons. The van der Waals surface area contributed by atoms with Crippen molar-refractivity contribution in [2.45, 2.75) is 31.0 Å². The topological polar surface area (TPSA) is 100 Å². The summed E-state index contributed by atoms with van der Waals surface area (Å²) in [6, 6.07) is 12.6. The molecule has 5 aromatic rings. The van der Waals surface area contributed by atoms with Crippen molar-refractivity contribution in [1.82, 2.24) is 34.7 Å². The van der Waals surface area contributed by atoms with E-state index < -0.39 is 29.3 Å². The molecule has 2 aromatic carbocycles. The third-order valence-corrected chi connectivity index (χ3v) is 10.1. The number of rotatable bonds is 7. The minimum Gasteiger partial charge on any atom is -0.461 e. The Balaban J connectivity index is 1.15. The first kappa shape index (κ1) is 32.6. The molecule has 258 valence electrons. The van der Waals surface area contributed by atoms with Crippen LogP contribution in [0.4, 0.5) is 19.0 Å². The smallest absolute Gasteiger partial charge is 0.319 e. The van der Waals surface area contributed by atoms with Gasteiger partial charge in [-0.2, -0.15) is 9.97 Å². The molecule has 0 spiro atoms. The van der Waals surface area contributed by atoms with E-state index in [0.29, 0.717) is 40.7 Å². The average Bonchev–Trinajstić information content (AvgIpc) is 3.69.